The minimum absolute atomic E-state index is 0.0913. The van der Waals surface area contributed by atoms with Crippen LogP contribution in [0.25, 0.3) is 5.69 Å². The molecule has 3 N–H and O–H groups in total. The molecule has 1 heterocycles. The number of amides is 1. The van der Waals surface area contributed by atoms with E-state index >= 15 is 0 Å². The van der Waals surface area contributed by atoms with E-state index < -0.39 is 0 Å². The highest BCUT2D eigenvalue weighted by atomic mass is 35.5. The summed E-state index contributed by atoms with van der Waals surface area (Å²) < 4.78 is 1.49. The Labute approximate surface area is 127 Å². The first kappa shape index (κ1) is 15.4. The lowest BCUT2D eigenvalue weighted by Gasteiger charge is -2.09. The first-order valence-electron chi connectivity index (χ1n) is 6.64. The van der Waals surface area contributed by atoms with E-state index in [-0.39, 0.29) is 11.9 Å². The zero-order valence-electron chi connectivity index (χ0n) is 11.7. The second kappa shape index (κ2) is 7.14. The Balaban J connectivity index is 2.02. The normalized spacial score (nSPS) is 12.1. The fraction of sp³-hybridized carbons (Fsp3) is 0.385. The van der Waals surface area contributed by atoms with Gasteiger partial charge in [-0.25, -0.2) is 4.68 Å². The molecule has 0 bridgehead atoms. The van der Waals surface area contributed by atoms with Crippen molar-refractivity contribution in [3.63, 3.8) is 0 Å². The van der Waals surface area contributed by atoms with Gasteiger partial charge in [0.25, 0.3) is 0 Å². The molecule has 0 saturated carbocycles. The average molecular weight is 309 g/mol. The van der Waals surface area contributed by atoms with Gasteiger partial charge in [-0.15, -0.1) is 5.10 Å². The van der Waals surface area contributed by atoms with Crippen LogP contribution in [0.3, 0.4) is 0 Å². The summed E-state index contributed by atoms with van der Waals surface area (Å²) in [5.41, 5.74) is 6.91. The number of hydrogen-bond acceptors (Lipinski definition) is 5. The lowest BCUT2D eigenvalue weighted by Crippen LogP contribution is -2.17. The Bertz CT molecular complexity index is 599. The number of aromatic nitrogens is 4. The average Bonchev–Trinajstić information content (AvgIpc) is 2.95. The van der Waals surface area contributed by atoms with E-state index in [2.05, 4.69) is 20.8 Å². The summed E-state index contributed by atoms with van der Waals surface area (Å²) in [5.74, 6) is -0.0913. The number of benzene rings is 1. The summed E-state index contributed by atoms with van der Waals surface area (Å²) in [5, 5.41) is 14.2. The van der Waals surface area contributed by atoms with Crippen LogP contribution in [-0.2, 0) is 4.79 Å². The van der Waals surface area contributed by atoms with Gasteiger partial charge in [-0.2, -0.15) is 0 Å². The zero-order valence-corrected chi connectivity index (χ0v) is 12.4. The van der Waals surface area contributed by atoms with Crippen LogP contribution in [0.5, 0.6) is 0 Å². The van der Waals surface area contributed by atoms with Crippen molar-refractivity contribution in [2.75, 3.05) is 5.32 Å². The Kier molecular flexibility index (Phi) is 5.24. The third-order valence-corrected chi connectivity index (χ3v) is 3.23. The quantitative estimate of drug-likeness (QED) is 0.847. The zero-order chi connectivity index (χ0) is 15.2. The number of halogens is 1. The third-order valence-electron chi connectivity index (χ3n) is 2.90. The monoisotopic (exact) mass is 308 g/mol. The smallest absolute Gasteiger partial charge is 0.224 e. The van der Waals surface area contributed by atoms with Crippen molar-refractivity contribution < 1.29 is 4.79 Å². The van der Waals surface area contributed by atoms with Crippen molar-refractivity contribution in [1.82, 2.24) is 20.2 Å². The Morgan fingerprint density at radius 2 is 2.33 bits per heavy atom. The van der Waals surface area contributed by atoms with Gasteiger partial charge in [0.2, 0.25) is 5.91 Å². The van der Waals surface area contributed by atoms with Crippen LogP contribution in [0.1, 0.15) is 26.2 Å². The highest BCUT2D eigenvalue weighted by molar-refractivity contribution is 6.33. The highest BCUT2D eigenvalue weighted by Crippen LogP contribution is 2.24. The minimum atomic E-state index is -0.0913. The Morgan fingerprint density at radius 1 is 1.52 bits per heavy atom. The molecular formula is C13H17ClN6O. The molecule has 1 aromatic carbocycles. The molecule has 0 fully saturated rings. The summed E-state index contributed by atoms with van der Waals surface area (Å²) in [6.07, 6.45) is 3.43. The number of tetrazole rings is 1. The largest absolute Gasteiger partial charge is 0.328 e. The lowest BCUT2D eigenvalue weighted by molar-refractivity contribution is -0.116. The molecule has 1 atom stereocenters. The molecule has 2 aromatic rings. The molecule has 2 rings (SSSR count). The third kappa shape index (κ3) is 4.51. The number of rotatable bonds is 6. The summed E-state index contributed by atoms with van der Waals surface area (Å²) in [7, 11) is 0. The summed E-state index contributed by atoms with van der Waals surface area (Å²) >= 11 is 6.09. The summed E-state index contributed by atoms with van der Waals surface area (Å²) in [6, 6.07) is 5.28. The van der Waals surface area contributed by atoms with E-state index in [0.29, 0.717) is 17.1 Å². The molecule has 0 aliphatic heterocycles. The minimum Gasteiger partial charge on any atom is -0.328 e. The Hall–Kier alpha value is -1.99. The van der Waals surface area contributed by atoms with Crippen LogP contribution in [0.4, 0.5) is 5.69 Å². The van der Waals surface area contributed by atoms with Crippen LogP contribution in [0, 0.1) is 0 Å². The van der Waals surface area contributed by atoms with E-state index in [0.717, 1.165) is 18.5 Å². The molecular weight excluding hydrogens is 292 g/mol. The molecule has 7 nitrogen and oxygen atoms in total. The number of nitrogens with two attached hydrogens (primary N) is 1. The van der Waals surface area contributed by atoms with Gasteiger partial charge in [0.05, 0.1) is 16.4 Å². The van der Waals surface area contributed by atoms with Crippen molar-refractivity contribution in [2.24, 2.45) is 5.73 Å². The van der Waals surface area contributed by atoms with E-state index in [1.165, 1.54) is 11.0 Å². The molecule has 0 aliphatic carbocycles. The van der Waals surface area contributed by atoms with Crippen LogP contribution in [0.15, 0.2) is 24.5 Å². The van der Waals surface area contributed by atoms with Gasteiger partial charge >= 0.3 is 0 Å². The van der Waals surface area contributed by atoms with Crippen LogP contribution in [0.2, 0.25) is 5.02 Å². The molecule has 0 aliphatic rings. The fourth-order valence-corrected chi connectivity index (χ4v) is 1.99. The highest BCUT2D eigenvalue weighted by Gasteiger charge is 2.09. The van der Waals surface area contributed by atoms with Crippen molar-refractivity contribution in [1.29, 1.82) is 0 Å². The van der Waals surface area contributed by atoms with Crippen molar-refractivity contribution in [3.05, 3.63) is 29.5 Å². The van der Waals surface area contributed by atoms with Crippen molar-refractivity contribution >= 4 is 23.2 Å². The summed E-state index contributed by atoms with van der Waals surface area (Å²) in [6.45, 7) is 1.92. The van der Waals surface area contributed by atoms with E-state index in [1.54, 1.807) is 18.2 Å². The molecule has 1 unspecified atom stereocenters. The molecule has 8 heteroatoms. The van der Waals surface area contributed by atoms with Crippen LogP contribution >= 0.6 is 11.6 Å². The lowest BCUT2D eigenvalue weighted by atomic mass is 10.1. The number of carbonyl (C=O) groups is 1. The van der Waals surface area contributed by atoms with E-state index in [4.69, 9.17) is 17.3 Å². The molecule has 0 saturated heterocycles. The van der Waals surface area contributed by atoms with Gasteiger partial charge in [-0.05, 0) is 48.4 Å². The number of anilines is 1. The second-order valence-electron chi connectivity index (χ2n) is 4.84. The van der Waals surface area contributed by atoms with E-state index in [1.807, 2.05) is 6.92 Å². The molecule has 0 radical (unpaired) electrons. The number of hydrogen-bond donors (Lipinski definition) is 2. The molecule has 1 aromatic heterocycles. The second-order valence-corrected chi connectivity index (χ2v) is 5.24. The van der Waals surface area contributed by atoms with Gasteiger partial charge in [0.15, 0.2) is 0 Å². The van der Waals surface area contributed by atoms with Crippen LogP contribution < -0.4 is 11.1 Å². The van der Waals surface area contributed by atoms with Crippen molar-refractivity contribution in [3.8, 4) is 5.69 Å². The molecule has 112 valence electrons. The predicted molar refractivity (Wildman–Crippen MR) is 80.3 cm³/mol. The van der Waals surface area contributed by atoms with Gasteiger partial charge in [-0.3, -0.25) is 4.79 Å². The standard InChI is InChI=1S/C13H17ClN6O/c1-9(15)3-2-4-13(21)17-12-7-10(5-6-11(12)14)20-8-16-18-19-20/h5-9H,2-4,15H2,1H3,(H,17,21). The molecule has 0 spiro atoms. The maximum atomic E-state index is 11.9. The maximum absolute atomic E-state index is 11.9. The number of carbonyl (C=O) groups excluding carboxylic acids is 1. The fourth-order valence-electron chi connectivity index (χ4n) is 1.83. The van der Waals surface area contributed by atoms with E-state index in [9.17, 15) is 4.79 Å². The topological polar surface area (TPSA) is 98.7 Å². The van der Waals surface area contributed by atoms with Crippen molar-refractivity contribution in [2.45, 2.75) is 32.2 Å². The molecule has 21 heavy (non-hydrogen) atoms. The van der Waals surface area contributed by atoms with Gasteiger partial charge in [0.1, 0.15) is 6.33 Å². The maximum Gasteiger partial charge on any atom is 0.224 e. The first-order chi connectivity index (χ1) is 10.1. The molecule has 1 amide bonds. The number of nitrogens with zero attached hydrogens (tertiary/aromatic N) is 4. The van der Waals surface area contributed by atoms with Gasteiger partial charge < -0.3 is 11.1 Å². The van der Waals surface area contributed by atoms with Gasteiger partial charge in [0, 0.05) is 12.5 Å². The number of nitrogens with one attached hydrogen (secondary N) is 1. The SMILES string of the molecule is CC(N)CCCC(=O)Nc1cc(-n2cnnn2)ccc1Cl. The first-order valence-corrected chi connectivity index (χ1v) is 7.02. The van der Waals surface area contributed by atoms with Gasteiger partial charge in [-0.1, -0.05) is 11.6 Å². The summed E-state index contributed by atoms with van der Waals surface area (Å²) in [4.78, 5) is 11.9. The Morgan fingerprint density at radius 3 is 3.00 bits per heavy atom. The predicted octanol–water partition coefficient (Wildman–Crippen LogP) is 1.77. The van der Waals surface area contributed by atoms with Crippen LogP contribution in [-0.4, -0.2) is 32.2 Å².